The van der Waals surface area contributed by atoms with Gasteiger partial charge in [0.15, 0.2) is 15.6 Å². The van der Waals surface area contributed by atoms with E-state index in [-0.39, 0.29) is 28.3 Å². The van der Waals surface area contributed by atoms with Gasteiger partial charge in [0, 0.05) is 6.42 Å². The number of benzene rings is 1. The highest BCUT2D eigenvalue weighted by molar-refractivity contribution is 7.94. The molecule has 7 heteroatoms. The van der Waals surface area contributed by atoms with E-state index in [2.05, 4.69) is 0 Å². The molecule has 0 bridgehead atoms. The highest BCUT2D eigenvalue weighted by Crippen LogP contribution is 2.34. The molecule has 30 heavy (non-hydrogen) atoms. The van der Waals surface area contributed by atoms with Gasteiger partial charge in [-0.05, 0) is 77.9 Å². The molecule has 1 aromatic heterocycles. The monoisotopic (exact) mass is 454 g/mol. The second kappa shape index (κ2) is 8.89. The van der Waals surface area contributed by atoms with Crippen LogP contribution < -0.4 is 0 Å². The van der Waals surface area contributed by atoms with E-state index in [0.717, 1.165) is 28.0 Å². The van der Waals surface area contributed by atoms with Gasteiger partial charge < -0.3 is 5.11 Å². The van der Waals surface area contributed by atoms with Crippen LogP contribution in [-0.2, 0) is 26.7 Å². The Morgan fingerprint density at radius 1 is 1.13 bits per heavy atom. The van der Waals surface area contributed by atoms with Gasteiger partial charge in [-0.1, -0.05) is 27.7 Å². The lowest BCUT2D eigenvalue weighted by molar-refractivity contribution is -0.116. The number of carbonyl (C=O) groups is 1. The molecule has 0 amide bonds. The van der Waals surface area contributed by atoms with Crippen LogP contribution >= 0.6 is 11.3 Å². The Labute approximate surface area is 183 Å². The van der Waals surface area contributed by atoms with Crippen LogP contribution in [0.15, 0.2) is 21.7 Å². The normalized spacial score (nSPS) is 12.8. The van der Waals surface area contributed by atoms with Gasteiger partial charge in [-0.2, -0.15) is 0 Å². The number of aliphatic hydroxyl groups is 1. The molecule has 0 fully saturated rings. The smallest absolute Gasteiger partial charge is 0.195 e. The van der Waals surface area contributed by atoms with Crippen molar-refractivity contribution < 1.29 is 22.7 Å². The number of hydrogen-bond donors (Lipinski definition) is 1. The summed E-state index contributed by atoms with van der Waals surface area (Å²) in [6.45, 7) is 12.5. The second-order valence-corrected chi connectivity index (χ2v) is 12.0. The van der Waals surface area contributed by atoms with Crippen molar-refractivity contribution in [2.75, 3.05) is 5.75 Å². The number of Topliss-reactive ketones (excluding diaryl/α,β-unsaturated/α-hetero) is 1. The Kier molecular flexibility index (Phi) is 7.32. The summed E-state index contributed by atoms with van der Waals surface area (Å²) in [5.41, 5.74) is 2.06. The summed E-state index contributed by atoms with van der Waals surface area (Å²) >= 11 is 1.03. The van der Waals surface area contributed by atoms with E-state index in [1.807, 2.05) is 27.7 Å². The van der Waals surface area contributed by atoms with Crippen LogP contribution in [0.5, 0.6) is 0 Å². The third-order valence-corrected chi connectivity index (χ3v) is 8.69. The van der Waals surface area contributed by atoms with Gasteiger partial charge in [-0.15, -0.1) is 11.3 Å². The summed E-state index contributed by atoms with van der Waals surface area (Å²) in [4.78, 5) is 12.8. The molecule has 2 aromatic rings. The summed E-state index contributed by atoms with van der Waals surface area (Å²) < 4.78 is 40.1. The molecular formula is C23H31FO4S2. The van der Waals surface area contributed by atoms with Crippen LogP contribution in [0.25, 0.3) is 0 Å². The van der Waals surface area contributed by atoms with Gasteiger partial charge in [-0.25, -0.2) is 12.8 Å². The molecule has 2 rings (SSSR count). The molecular weight excluding hydrogens is 423 g/mol. The predicted molar refractivity (Wildman–Crippen MR) is 120 cm³/mol. The first-order chi connectivity index (χ1) is 13.6. The number of carbonyl (C=O) groups excluding carboxylic acids is 1. The fourth-order valence-corrected chi connectivity index (χ4v) is 6.87. The average molecular weight is 455 g/mol. The Hall–Kier alpha value is -1.57. The summed E-state index contributed by atoms with van der Waals surface area (Å²) in [6.07, 6.45) is -0.0523. The predicted octanol–water partition coefficient (Wildman–Crippen LogP) is 5.26. The summed E-state index contributed by atoms with van der Waals surface area (Å²) in [5, 5.41) is 11.9. The number of halogens is 1. The largest absolute Gasteiger partial charge is 0.386 e. The molecule has 166 valence electrons. The third kappa shape index (κ3) is 5.37. The lowest BCUT2D eigenvalue weighted by Gasteiger charge is -2.20. The number of ketones is 1. The highest BCUT2D eigenvalue weighted by atomic mass is 32.2. The zero-order chi connectivity index (χ0) is 23.0. The van der Waals surface area contributed by atoms with Crippen molar-refractivity contribution in [3.05, 3.63) is 51.1 Å². The van der Waals surface area contributed by atoms with Crippen LogP contribution in [0.1, 0.15) is 81.2 Å². The average Bonchev–Trinajstić information content (AvgIpc) is 2.97. The van der Waals surface area contributed by atoms with E-state index in [4.69, 9.17) is 0 Å². The molecule has 1 N–H and O–H groups in total. The molecule has 0 spiro atoms. The van der Waals surface area contributed by atoms with Gasteiger partial charge in [0.1, 0.15) is 15.8 Å². The number of sulfone groups is 1. The van der Waals surface area contributed by atoms with Gasteiger partial charge in [-0.3, -0.25) is 4.79 Å². The van der Waals surface area contributed by atoms with E-state index < -0.39 is 27.0 Å². The van der Waals surface area contributed by atoms with Crippen molar-refractivity contribution in [2.24, 2.45) is 0 Å². The Bertz CT molecular complexity index is 1010. The first-order valence-electron chi connectivity index (χ1n) is 10.0. The number of thiophene rings is 1. The molecule has 0 saturated carbocycles. The van der Waals surface area contributed by atoms with Gasteiger partial charge in [0.2, 0.25) is 0 Å². The Morgan fingerprint density at radius 2 is 1.63 bits per heavy atom. The molecule has 0 aliphatic rings. The first-order valence-corrected chi connectivity index (χ1v) is 12.6. The van der Waals surface area contributed by atoms with Gasteiger partial charge in [0.25, 0.3) is 0 Å². The van der Waals surface area contributed by atoms with E-state index in [1.165, 1.54) is 12.1 Å². The summed E-state index contributed by atoms with van der Waals surface area (Å²) in [5.74, 6) is -1.38. The zero-order valence-electron chi connectivity index (χ0n) is 18.7. The SMILES string of the molecule is Cc1c(C(C)(C)O)csc1S(=O)(=O)CC(=O)Cc1c(C(C)C)cc(F)cc1C(C)C. The van der Waals surface area contributed by atoms with Crippen molar-refractivity contribution in [3.8, 4) is 0 Å². The molecule has 0 aliphatic heterocycles. The lowest BCUT2D eigenvalue weighted by atomic mass is 9.86. The third-order valence-electron chi connectivity index (χ3n) is 5.19. The van der Waals surface area contributed by atoms with Crippen LogP contribution in [0.2, 0.25) is 0 Å². The lowest BCUT2D eigenvalue weighted by Crippen LogP contribution is -2.21. The fraction of sp³-hybridized carbons (Fsp3) is 0.522. The van der Waals surface area contributed by atoms with Crippen LogP contribution in [-0.4, -0.2) is 25.1 Å². The quantitative estimate of drug-likeness (QED) is 0.591. The summed E-state index contributed by atoms with van der Waals surface area (Å²) in [7, 11) is -3.84. The molecule has 0 saturated heterocycles. The Morgan fingerprint density at radius 3 is 2.03 bits per heavy atom. The minimum absolute atomic E-state index is 0.00601. The first kappa shape index (κ1) is 24.7. The van der Waals surface area contributed by atoms with Crippen molar-refractivity contribution >= 4 is 27.0 Å². The minimum atomic E-state index is -3.84. The molecule has 0 atom stereocenters. The van der Waals surface area contributed by atoms with Crippen LogP contribution in [0.3, 0.4) is 0 Å². The van der Waals surface area contributed by atoms with E-state index >= 15 is 0 Å². The molecule has 1 aromatic carbocycles. The topological polar surface area (TPSA) is 71.4 Å². The van der Waals surface area contributed by atoms with E-state index in [0.29, 0.717) is 11.1 Å². The minimum Gasteiger partial charge on any atom is -0.386 e. The van der Waals surface area contributed by atoms with Gasteiger partial charge >= 0.3 is 0 Å². The standard InChI is InChI=1S/C23H31FO4S2/c1-13(2)18-8-16(24)9-19(14(3)4)20(18)10-17(25)12-30(27,28)22-15(5)21(11-29-22)23(6,7)26/h8-9,11,13-14,26H,10,12H2,1-7H3. The highest BCUT2D eigenvalue weighted by Gasteiger charge is 2.29. The van der Waals surface area contributed by atoms with Gasteiger partial charge in [0.05, 0.1) is 5.60 Å². The zero-order valence-corrected chi connectivity index (χ0v) is 20.3. The van der Waals surface area contributed by atoms with Crippen molar-refractivity contribution in [3.63, 3.8) is 0 Å². The van der Waals surface area contributed by atoms with Crippen LogP contribution in [0.4, 0.5) is 4.39 Å². The maximum absolute atomic E-state index is 14.1. The number of hydrogen-bond acceptors (Lipinski definition) is 5. The molecule has 0 radical (unpaired) electrons. The molecule has 4 nitrogen and oxygen atoms in total. The number of rotatable bonds is 8. The summed E-state index contributed by atoms with van der Waals surface area (Å²) in [6, 6.07) is 2.87. The van der Waals surface area contributed by atoms with Crippen molar-refractivity contribution in [2.45, 2.75) is 76.5 Å². The molecule has 0 unspecified atom stereocenters. The molecule has 0 aliphatic carbocycles. The molecule has 1 heterocycles. The van der Waals surface area contributed by atoms with Crippen LogP contribution in [0, 0.1) is 12.7 Å². The van der Waals surface area contributed by atoms with Crippen molar-refractivity contribution in [1.82, 2.24) is 0 Å². The second-order valence-electron chi connectivity index (χ2n) is 8.97. The maximum Gasteiger partial charge on any atom is 0.195 e. The Balaban J connectivity index is 2.38. The fourth-order valence-electron chi connectivity index (χ4n) is 3.75. The van der Waals surface area contributed by atoms with Crippen molar-refractivity contribution in [1.29, 1.82) is 0 Å². The van der Waals surface area contributed by atoms with E-state index in [9.17, 15) is 22.7 Å². The van der Waals surface area contributed by atoms with E-state index in [1.54, 1.807) is 26.2 Å². The maximum atomic E-state index is 14.1.